The number of thiophene rings is 1. The Bertz CT molecular complexity index is 734. The first-order chi connectivity index (χ1) is 11.3. The smallest absolute Gasteiger partial charge is 0.252 e. The number of hydrogen-bond acceptors (Lipinski definition) is 6. The third kappa shape index (κ3) is 4.10. The predicted octanol–water partition coefficient (Wildman–Crippen LogP) is 0.792. The number of carbonyl (C=O) groups excluding carboxylic acids is 2. The van der Waals surface area contributed by atoms with E-state index in [0.717, 1.165) is 11.3 Å². The van der Waals surface area contributed by atoms with E-state index < -0.39 is 16.1 Å². The quantitative estimate of drug-likeness (QED) is 0.719. The topological polar surface area (TPSA) is 110 Å². The molecule has 0 aromatic carbocycles. The first-order valence-corrected chi connectivity index (χ1v) is 9.80. The van der Waals surface area contributed by atoms with Gasteiger partial charge in [-0.25, -0.2) is 8.42 Å². The average molecular weight is 371 g/mol. The molecule has 24 heavy (non-hydrogen) atoms. The zero-order chi connectivity index (χ0) is 17.9. The van der Waals surface area contributed by atoms with Gasteiger partial charge in [0.2, 0.25) is 5.91 Å². The van der Waals surface area contributed by atoms with Gasteiger partial charge in [-0.15, -0.1) is 11.3 Å². The molecule has 7 nitrogen and oxygen atoms in total. The van der Waals surface area contributed by atoms with E-state index in [9.17, 15) is 18.0 Å². The van der Waals surface area contributed by atoms with Crippen molar-refractivity contribution < 1.29 is 18.0 Å². The van der Waals surface area contributed by atoms with Crippen molar-refractivity contribution in [1.29, 1.82) is 0 Å². The van der Waals surface area contributed by atoms with E-state index in [0.29, 0.717) is 30.8 Å². The Morgan fingerprint density at radius 1 is 1.42 bits per heavy atom. The van der Waals surface area contributed by atoms with Crippen molar-refractivity contribution in [3.05, 3.63) is 29.7 Å². The Morgan fingerprint density at radius 3 is 2.58 bits per heavy atom. The van der Waals surface area contributed by atoms with Gasteiger partial charge >= 0.3 is 0 Å². The first kappa shape index (κ1) is 18.8. The van der Waals surface area contributed by atoms with E-state index >= 15 is 0 Å². The molecule has 1 amide bonds. The molecule has 0 spiro atoms. The van der Waals surface area contributed by atoms with Gasteiger partial charge in [-0.1, -0.05) is 6.58 Å². The molecule has 2 heterocycles. The van der Waals surface area contributed by atoms with Gasteiger partial charge in [-0.2, -0.15) is 4.31 Å². The molecule has 1 aromatic rings. The van der Waals surface area contributed by atoms with Crippen LogP contribution in [0.25, 0.3) is 0 Å². The maximum Gasteiger partial charge on any atom is 0.252 e. The van der Waals surface area contributed by atoms with Gasteiger partial charge in [0, 0.05) is 24.0 Å². The molecule has 1 aliphatic rings. The lowest BCUT2D eigenvalue weighted by Gasteiger charge is -2.31. The molecular formula is C15H21N3O4S2. The van der Waals surface area contributed by atoms with Gasteiger partial charge in [-0.3, -0.25) is 9.59 Å². The Kier molecular flexibility index (Phi) is 5.92. The third-order valence-corrected chi connectivity index (χ3v) is 7.46. The fourth-order valence-electron chi connectivity index (χ4n) is 2.47. The maximum atomic E-state index is 12.7. The summed E-state index contributed by atoms with van der Waals surface area (Å²) in [5.41, 5.74) is 5.75. The van der Waals surface area contributed by atoms with Crippen LogP contribution in [0.3, 0.4) is 0 Å². The average Bonchev–Trinajstić information content (AvgIpc) is 3.05. The Morgan fingerprint density at radius 2 is 2.04 bits per heavy atom. The highest BCUT2D eigenvalue weighted by molar-refractivity contribution is 7.91. The molecule has 1 unspecified atom stereocenters. The number of sulfonamides is 1. The van der Waals surface area contributed by atoms with Gasteiger partial charge in [0.15, 0.2) is 5.78 Å². The summed E-state index contributed by atoms with van der Waals surface area (Å²) in [5.74, 6) is -0.461. The highest BCUT2D eigenvalue weighted by Crippen LogP contribution is 2.29. The Labute approximate surface area is 145 Å². The Balaban J connectivity index is 2.05. The number of carbonyl (C=O) groups is 2. The summed E-state index contributed by atoms with van der Waals surface area (Å²) in [6, 6.07) is 2.23. The minimum absolute atomic E-state index is 0.0491. The monoisotopic (exact) mass is 371 g/mol. The molecule has 1 fully saturated rings. The number of ketones is 1. The molecule has 0 aliphatic carbocycles. The van der Waals surface area contributed by atoms with Gasteiger partial charge in [0.05, 0.1) is 6.04 Å². The van der Waals surface area contributed by atoms with Gasteiger partial charge in [0.1, 0.15) is 4.21 Å². The predicted molar refractivity (Wildman–Crippen MR) is 92.0 cm³/mol. The molecule has 2 rings (SSSR count). The van der Waals surface area contributed by atoms with Crippen molar-refractivity contribution in [2.75, 3.05) is 13.1 Å². The van der Waals surface area contributed by atoms with Crippen molar-refractivity contribution >= 4 is 33.1 Å². The molecule has 9 heteroatoms. The molecule has 132 valence electrons. The van der Waals surface area contributed by atoms with Crippen molar-refractivity contribution in [2.24, 2.45) is 5.73 Å². The molecule has 3 N–H and O–H groups in total. The molecular weight excluding hydrogens is 350 g/mol. The summed E-state index contributed by atoms with van der Waals surface area (Å²) in [6.07, 6.45) is 2.29. The van der Waals surface area contributed by atoms with Crippen LogP contribution in [0.15, 0.2) is 29.0 Å². The molecule has 1 aromatic heterocycles. The minimum atomic E-state index is -3.61. The largest absolute Gasteiger partial charge is 0.350 e. The minimum Gasteiger partial charge on any atom is -0.350 e. The van der Waals surface area contributed by atoms with E-state index in [1.54, 1.807) is 6.07 Å². The van der Waals surface area contributed by atoms with E-state index in [2.05, 4.69) is 11.9 Å². The lowest BCUT2D eigenvalue weighted by Crippen LogP contribution is -2.46. The van der Waals surface area contributed by atoms with Gasteiger partial charge < -0.3 is 11.1 Å². The van der Waals surface area contributed by atoms with Crippen molar-refractivity contribution in [3.8, 4) is 0 Å². The zero-order valence-electron chi connectivity index (χ0n) is 13.4. The molecule has 0 radical (unpaired) electrons. The van der Waals surface area contributed by atoms with Crippen molar-refractivity contribution in [3.63, 3.8) is 0 Å². The number of nitrogens with zero attached hydrogens (tertiary/aromatic N) is 1. The molecule has 0 saturated carbocycles. The van der Waals surface area contributed by atoms with E-state index in [-0.39, 0.29) is 21.9 Å². The molecule has 0 bridgehead atoms. The van der Waals surface area contributed by atoms with E-state index in [1.165, 1.54) is 23.4 Å². The number of amides is 1. The summed E-state index contributed by atoms with van der Waals surface area (Å²) in [4.78, 5) is 23.2. The lowest BCUT2D eigenvalue weighted by atomic mass is 10.1. The van der Waals surface area contributed by atoms with Crippen LogP contribution >= 0.6 is 11.3 Å². The summed E-state index contributed by atoms with van der Waals surface area (Å²) in [5, 5.41) is 2.78. The standard InChI is InChI=1S/C15H21N3O4S2/c1-3-13(20)17-11-6-8-18(9-7-11)24(21,22)14-5-4-12(23-14)15(16)10(2)19/h3-5,11,15H,1,6-9,16H2,2H3,(H,17,20). The number of rotatable bonds is 6. The van der Waals surface area contributed by atoms with Gasteiger partial charge in [0.25, 0.3) is 10.0 Å². The second kappa shape index (κ2) is 7.56. The van der Waals surface area contributed by atoms with Crippen LogP contribution in [0.5, 0.6) is 0 Å². The first-order valence-electron chi connectivity index (χ1n) is 7.54. The number of nitrogens with two attached hydrogens (primary N) is 1. The summed E-state index contributed by atoms with van der Waals surface area (Å²) in [7, 11) is -3.61. The molecule has 1 atom stereocenters. The van der Waals surface area contributed by atoms with E-state index in [4.69, 9.17) is 5.73 Å². The van der Waals surface area contributed by atoms with Crippen LogP contribution in [0.1, 0.15) is 30.7 Å². The normalized spacial score (nSPS) is 18.1. The van der Waals surface area contributed by atoms with Crippen LogP contribution in [0.4, 0.5) is 0 Å². The third-order valence-electron chi connectivity index (χ3n) is 3.93. The van der Waals surface area contributed by atoms with E-state index in [1.807, 2.05) is 0 Å². The lowest BCUT2D eigenvalue weighted by molar-refractivity contribution is -0.118. The van der Waals surface area contributed by atoms with Crippen LogP contribution in [-0.4, -0.2) is 43.5 Å². The SMILES string of the molecule is C=CC(=O)NC1CCN(S(=O)(=O)c2ccc(C(N)C(C)=O)s2)CC1. The van der Waals surface area contributed by atoms with Crippen LogP contribution < -0.4 is 11.1 Å². The second-order valence-electron chi connectivity index (χ2n) is 5.64. The molecule has 1 aliphatic heterocycles. The van der Waals surface area contributed by atoms with Crippen molar-refractivity contribution in [2.45, 2.75) is 36.1 Å². The maximum absolute atomic E-state index is 12.7. The highest BCUT2D eigenvalue weighted by atomic mass is 32.2. The fourth-order valence-corrected chi connectivity index (χ4v) is 5.48. The van der Waals surface area contributed by atoms with Crippen LogP contribution in [-0.2, 0) is 19.6 Å². The second-order valence-corrected chi connectivity index (χ2v) is 8.92. The number of hydrogen-bond donors (Lipinski definition) is 2. The van der Waals surface area contributed by atoms with Crippen LogP contribution in [0.2, 0.25) is 0 Å². The molecule has 1 saturated heterocycles. The van der Waals surface area contributed by atoms with Gasteiger partial charge in [-0.05, 0) is 38.0 Å². The summed E-state index contributed by atoms with van der Waals surface area (Å²) < 4.78 is 27.0. The number of nitrogens with one attached hydrogen (secondary N) is 1. The number of piperidine rings is 1. The van der Waals surface area contributed by atoms with Crippen molar-refractivity contribution in [1.82, 2.24) is 9.62 Å². The Hall–Kier alpha value is -1.55. The zero-order valence-corrected chi connectivity index (χ0v) is 15.0. The fraction of sp³-hybridized carbons (Fsp3) is 0.467. The van der Waals surface area contributed by atoms with Crippen LogP contribution in [0, 0.1) is 0 Å². The number of Topliss-reactive ketones (excluding diaryl/α,β-unsaturated/α-hetero) is 1. The highest BCUT2D eigenvalue weighted by Gasteiger charge is 2.31. The summed E-state index contributed by atoms with van der Waals surface area (Å²) >= 11 is 1.03. The summed E-state index contributed by atoms with van der Waals surface area (Å²) in [6.45, 7) is 5.43.